The molecule has 2 unspecified atom stereocenters. The van der Waals surface area contributed by atoms with Gasteiger partial charge in [0.1, 0.15) is 17.7 Å². The van der Waals surface area contributed by atoms with Gasteiger partial charge in [-0.2, -0.15) is 0 Å². The molecule has 2 aliphatic heterocycles. The minimum atomic E-state index is -1.14. The maximum atomic E-state index is 15.6. The van der Waals surface area contributed by atoms with E-state index in [4.69, 9.17) is 18.9 Å². The van der Waals surface area contributed by atoms with E-state index >= 15 is 4.39 Å². The van der Waals surface area contributed by atoms with Crippen LogP contribution in [0.15, 0.2) is 48.7 Å². The average molecular weight is 520 g/mol. The maximum absolute atomic E-state index is 15.6. The molecule has 1 aromatic heterocycles. The number of ether oxygens (including phenoxy) is 4. The Morgan fingerprint density at radius 1 is 0.895 bits per heavy atom. The molecule has 4 aromatic rings. The largest absolute Gasteiger partial charge is 0.361 e. The first-order valence-electron chi connectivity index (χ1n) is 12.9. The second-order valence-electron chi connectivity index (χ2n) is 10.6. The second kappa shape index (κ2) is 8.99. The summed E-state index contributed by atoms with van der Waals surface area (Å²) in [4.78, 5) is 3.15. The third kappa shape index (κ3) is 3.96. The molecule has 0 amide bonds. The fraction of sp³-hybridized carbons (Fsp3) is 0.355. The Bertz CT molecular complexity index is 1560. The second-order valence-corrected chi connectivity index (χ2v) is 10.6. The number of aromatic nitrogens is 1. The van der Waals surface area contributed by atoms with E-state index in [9.17, 15) is 4.39 Å². The number of aromatic amines is 1. The van der Waals surface area contributed by atoms with Crippen molar-refractivity contribution in [2.75, 3.05) is 19.8 Å². The molecule has 0 spiro atoms. The van der Waals surface area contributed by atoms with Gasteiger partial charge in [-0.3, -0.25) is 0 Å². The van der Waals surface area contributed by atoms with Crippen LogP contribution >= 0.6 is 0 Å². The van der Waals surface area contributed by atoms with Gasteiger partial charge in [0.2, 0.25) is 0 Å². The zero-order chi connectivity index (χ0) is 26.8. The molecule has 3 heterocycles. The van der Waals surface area contributed by atoms with Gasteiger partial charge in [-0.05, 0) is 75.6 Å². The number of fused-ring (bicyclic) bond motifs is 1. The molecule has 6 rings (SSSR count). The number of hydrogen-bond acceptors (Lipinski definition) is 4. The number of halogens is 2. The molecule has 2 atom stereocenters. The van der Waals surface area contributed by atoms with Crippen LogP contribution in [0.4, 0.5) is 8.78 Å². The Balaban J connectivity index is 1.42. The van der Waals surface area contributed by atoms with Crippen molar-refractivity contribution in [1.82, 2.24) is 4.98 Å². The highest BCUT2D eigenvalue weighted by Crippen LogP contribution is 2.46. The zero-order valence-corrected chi connectivity index (χ0v) is 22.2. The lowest BCUT2D eigenvalue weighted by Crippen LogP contribution is -2.26. The first-order chi connectivity index (χ1) is 18.1. The van der Waals surface area contributed by atoms with Crippen LogP contribution in [0.2, 0.25) is 0 Å². The van der Waals surface area contributed by atoms with E-state index in [-0.39, 0.29) is 11.9 Å². The Morgan fingerprint density at radius 2 is 1.66 bits per heavy atom. The van der Waals surface area contributed by atoms with Crippen LogP contribution in [0.5, 0.6) is 0 Å². The lowest BCUT2D eigenvalue weighted by atomic mass is 9.92. The van der Waals surface area contributed by atoms with Crippen molar-refractivity contribution in [3.05, 3.63) is 93.7 Å². The Morgan fingerprint density at radius 3 is 2.42 bits per heavy atom. The summed E-state index contributed by atoms with van der Waals surface area (Å²) in [5, 5.41) is 0.682. The molecule has 0 aliphatic carbocycles. The molecule has 5 nitrogen and oxygen atoms in total. The van der Waals surface area contributed by atoms with Crippen molar-refractivity contribution >= 4 is 10.9 Å². The summed E-state index contributed by atoms with van der Waals surface area (Å²) < 4.78 is 55.3. The van der Waals surface area contributed by atoms with E-state index in [0.717, 1.165) is 16.7 Å². The minimum Gasteiger partial charge on any atom is -0.361 e. The van der Waals surface area contributed by atoms with E-state index in [1.165, 1.54) is 6.07 Å². The lowest BCUT2D eigenvalue weighted by Gasteiger charge is -2.29. The highest BCUT2D eigenvalue weighted by Gasteiger charge is 2.44. The van der Waals surface area contributed by atoms with Gasteiger partial charge in [-0.25, -0.2) is 8.78 Å². The summed E-state index contributed by atoms with van der Waals surface area (Å²) in [6.07, 6.45) is 1.34. The van der Waals surface area contributed by atoms with Crippen molar-refractivity contribution < 1.29 is 27.7 Å². The molecule has 2 fully saturated rings. The Kier molecular flexibility index (Phi) is 5.96. The summed E-state index contributed by atoms with van der Waals surface area (Å²) in [7, 11) is 0. The van der Waals surface area contributed by atoms with Gasteiger partial charge < -0.3 is 23.9 Å². The number of H-pyrrole nitrogens is 1. The summed E-state index contributed by atoms with van der Waals surface area (Å²) in [5.41, 5.74) is 5.87. The molecule has 0 saturated carbocycles. The van der Waals surface area contributed by atoms with Crippen LogP contribution in [0.25, 0.3) is 22.0 Å². The van der Waals surface area contributed by atoms with Crippen LogP contribution in [0.1, 0.15) is 53.3 Å². The molecule has 198 valence electrons. The number of nitrogens with one attached hydrogen (secondary N) is 1. The van der Waals surface area contributed by atoms with Gasteiger partial charge in [-0.1, -0.05) is 23.8 Å². The summed E-state index contributed by atoms with van der Waals surface area (Å²) in [6, 6.07) is 12.8. The molecule has 3 aromatic carbocycles. The van der Waals surface area contributed by atoms with Gasteiger partial charge in [0.25, 0.3) is 0 Å². The van der Waals surface area contributed by atoms with Crippen LogP contribution in [0, 0.1) is 32.4 Å². The smallest absolute Gasteiger partial charge is 0.192 e. The molecule has 0 bridgehead atoms. The van der Waals surface area contributed by atoms with Crippen molar-refractivity contribution in [2.45, 2.75) is 52.3 Å². The first kappa shape index (κ1) is 25.2. The number of hydrogen-bond donors (Lipinski definition) is 1. The summed E-state index contributed by atoms with van der Waals surface area (Å²) in [6.45, 7) is 10.5. The fourth-order valence-corrected chi connectivity index (χ4v) is 5.71. The maximum Gasteiger partial charge on any atom is 0.192 e. The summed E-state index contributed by atoms with van der Waals surface area (Å²) in [5.74, 6) is -2.79. The Hall–Kier alpha value is -3.10. The molecule has 1 N–H and O–H groups in total. The van der Waals surface area contributed by atoms with Crippen LogP contribution < -0.4 is 0 Å². The first-order valence-corrected chi connectivity index (χ1v) is 12.9. The molecule has 7 heteroatoms. The third-order valence-corrected chi connectivity index (χ3v) is 7.85. The van der Waals surface area contributed by atoms with E-state index < -0.39 is 17.4 Å². The molecule has 0 radical (unpaired) electrons. The van der Waals surface area contributed by atoms with Crippen LogP contribution in [0.3, 0.4) is 0 Å². The SMILES string of the molecule is Cc1ccc(C2COC(C)(c3cc(C)c(F)c(-c4c(C)c(F)cc5cc[nH]c45)c3)O2)c(C2(C)OCCO2)c1. The number of rotatable bonds is 4. The molecule has 2 aliphatic rings. The van der Waals surface area contributed by atoms with E-state index in [0.29, 0.717) is 58.5 Å². The standard InChI is InChI=1S/C31H31F2NO4/c1-17-6-7-22(24(12-17)31(5)35-10-11-36-31)26-16-37-30(4,38-26)21-13-18(2)28(33)23(15-21)27-19(3)25(32)14-20-8-9-34-29(20)27/h6-9,12-15,26,34H,10-11,16H2,1-5H3. The van der Waals surface area contributed by atoms with E-state index in [1.54, 1.807) is 38.2 Å². The topological polar surface area (TPSA) is 52.7 Å². The highest BCUT2D eigenvalue weighted by atomic mass is 19.1. The normalized spacial score (nSPS) is 23.0. The van der Waals surface area contributed by atoms with Gasteiger partial charge in [0.15, 0.2) is 11.6 Å². The highest BCUT2D eigenvalue weighted by molar-refractivity contribution is 5.96. The van der Waals surface area contributed by atoms with Crippen molar-refractivity contribution in [3.63, 3.8) is 0 Å². The molecular formula is C31H31F2NO4. The van der Waals surface area contributed by atoms with Crippen molar-refractivity contribution in [2.24, 2.45) is 0 Å². The Labute approximate surface area is 220 Å². The predicted octanol–water partition coefficient (Wildman–Crippen LogP) is 7.22. The average Bonchev–Trinajstić information content (AvgIpc) is 3.63. The number of benzene rings is 3. The zero-order valence-electron chi connectivity index (χ0n) is 22.2. The fourth-order valence-electron chi connectivity index (χ4n) is 5.71. The van der Waals surface area contributed by atoms with Crippen LogP contribution in [-0.2, 0) is 30.5 Å². The minimum absolute atomic E-state index is 0.300. The van der Waals surface area contributed by atoms with Crippen molar-refractivity contribution in [1.29, 1.82) is 0 Å². The summed E-state index contributed by atoms with van der Waals surface area (Å²) >= 11 is 0. The lowest BCUT2D eigenvalue weighted by molar-refractivity contribution is -0.166. The van der Waals surface area contributed by atoms with Crippen LogP contribution in [-0.4, -0.2) is 24.8 Å². The molecule has 2 saturated heterocycles. The third-order valence-electron chi connectivity index (χ3n) is 7.85. The molecular weight excluding hydrogens is 488 g/mol. The number of aryl methyl sites for hydroxylation is 2. The van der Waals surface area contributed by atoms with E-state index in [1.807, 2.05) is 32.9 Å². The van der Waals surface area contributed by atoms with Crippen molar-refractivity contribution in [3.8, 4) is 11.1 Å². The van der Waals surface area contributed by atoms with Gasteiger partial charge in [-0.15, -0.1) is 0 Å². The van der Waals surface area contributed by atoms with E-state index in [2.05, 4.69) is 11.1 Å². The molecule has 38 heavy (non-hydrogen) atoms. The van der Waals surface area contributed by atoms with Gasteiger partial charge in [0, 0.05) is 33.8 Å². The monoisotopic (exact) mass is 519 g/mol. The van der Waals surface area contributed by atoms with Gasteiger partial charge in [0.05, 0.1) is 25.3 Å². The predicted molar refractivity (Wildman–Crippen MR) is 141 cm³/mol. The van der Waals surface area contributed by atoms with Gasteiger partial charge >= 0.3 is 0 Å². The quantitative estimate of drug-likeness (QED) is 0.309.